The van der Waals surface area contributed by atoms with Crippen LogP contribution in [0, 0.1) is 0 Å². The highest BCUT2D eigenvalue weighted by molar-refractivity contribution is 6.39. The molecule has 0 saturated carbocycles. The molecular formula is C9H12Al2O2. The number of Topliss-reactive ketones (excluding diaryl/α,β-unsaturated/α-hetero) is 1. The highest BCUT2D eigenvalue weighted by Crippen LogP contribution is 2.02. The zero-order valence-electron chi connectivity index (χ0n) is 8.26. The summed E-state index contributed by atoms with van der Waals surface area (Å²) in [4.78, 5) is 10.7. The molecule has 66 valence electrons. The van der Waals surface area contributed by atoms with Gasteiger partial charge in [-0.25, -0.2) is 0 Å². The molecule has 0 unspecified atom stereocenters. The molecule has 2 nitrogen and oxygen atoms in total. The molecule has 0 spiro atoms. The number of carbonyl (C=O) groups excluding carboxylic acids is 1. The lowest BCUT2D eigenvalue weighted by Crippen LogP contribution is -2.18. The van der Waals surface area contributed by atoms with Gasteiger partial charge in [0, 0.05) is 0 Å². The minimum atomic E-state index is 0.0658. The summed E-state index contributed by atoms with van der Waals surface area (Å²) in [5.74, 6) is 0.942. The second-order valence-electron chi connectivity index (χ2n) is 3.26. The van der Waals surface area contributed by atoms with E-state index in [4.69, 9.17) is 4.74 Å². The van der Waals surface area contributed by atoms with Crippen LogP contribution in [-0.4, -0.2) is 45.0 Å². The van der Waals surface area contributed by atoms with Crippen LogP contribution in [0.4, 0.5) is 0 Å². The first-order valence-electron chi connectivity index (χ1n) is 4.29. The van der Waals surface area contributed by atoms with Crippen LogP contribution in [0.3, 0.4) is 0 Å². The van der Waals surface area contributed by atoms with Crippen LogP contribution in [0.2, 0.25) is 0 Å². The Morgan fingerprint density at radius 3 is 2.69 bits per heavy atom. The first-order chi connectivity index (χ1) is 6.09. The van der Waals surface area contributed by atoms with E-state index < -0.39 is 0 Å². The summed E-state index contributed by atoms with van der Waals surface area (Å²) in [5.41, 5.74) is 0. The molecule has 0 radical (unpaired) electrons. The van der Waals surface area contributed by atoms with Crippen LogP contribution in [0.25, 0.3) is 0 Å². The van der Waals surface area contributed by atoms with Crippen molar-refractivity contribution in [2.75, 3.05) is 6.61 Å². The molecule has 0 saturated heterocycles. The largest absolute Gasteiger partial charge is 0.487 e. The van der Waals surface area contributed by atoms with Crippen LogP contribution < -0.4 is 13.6 Å². The Morgan fingerprint density at radius 2 is 2.15 bits per heavy atom. The van der Waals surface area contributed by atoms with Gasteiger partial charge in [0.2, 0.25) is 0 Å². The summed E-state index contributed by atoms with van der Waals surface area (Å²) in [5, 5.41) is 0. The van der Waals surface area contributed by atoms with Gasteiger partial charge in [0.05, 0.1) is 0 Å². The van der Waals surface area contributed by atoms with E-state index in [9.17, 15) is 4.79 Å². The Morgan fingerprint density at radius 1 is 1.46 bits per heavy atom. The molecule has 13 heavy (non-hydrogen) atoms. The fourth-order valence-electron chi connectivity index (χ4n) is 1.14. The molecule has 0 aliphatic carbocycles. The average Bonchev–Trinajstić information content (AvgIpc) is 2.02. The summed E-state index contributed by atoms with van der Waals surface area (Å²) >= 11 is 2.04. The van der Waals surface area contributed by atoms with Crippen LogP contribution in [0.15, 0.2) is 18.2 Å². The topological polar surface area (TPSA) is 26.3 Å². The summed E-state index contributed by atoms with van der Waals surface area (Å²) < 4.78 is 7.97. The van der Waals surface area contributed by atoms with E-state index in [0.29, 0.717) is 0 Å². The third-order valence-electron chi connectivity index (χ3n) is 1.76. The van der Waals surface area contributed by atoms with E-state index in [1.165, 1.54) is 15.8 Å². The summed E-state index contributed by atoms with van der Waals surface area (Å²) in [6.07, 6.45) is 0. The van der Waals surface area contributed by atoms with Gasteiger partial charge in [-0.2, -0.15) is 0 Å². The van der Waals surface area contributed by atoms with Gasteiger partial charge >= 0.3 is 0 Å². The second kappa shape index (κ2) is 4.84. The number of carbonyl (C=O) groups is 1. The molecule has 1 aromatic carbocycles. The van der Waals surface area contributed by atoms with E-state index in [-0.39, 0.29) is 12.4 Å². The minimum absolute atomic E-state index is 0.0658. The van der Waals surface area contributed by atoms with Crippen molar-refractivity contribution in [1.29, 1.82) is 0 Å². The highest BCUT2D eigenvalue weighted by Gasteiger charge is 1.99. The lowest BCUT2D eigenvalue weighted by molar-refractivity contribution is -0.118. The number of rotatable bonds is 3. The normalized spacial score (nSPS) is 9.62. The van der Waals surface area contributed by atoms with E-state index in [1.54, 1.807) is 0 Å². The molecule has 0 amide bonds. The van der Waals surface area contributed by atoms with Crippen LogP contribution >= 0.6 is 0 Å². The number of ether oxygens (including phenoxy) is 1. The molecule has 1 aromatic rings. The molecule has 4 heteroatoms. The predicted octanol–water partition coefficient (Wildman–Crippen LogP) is -1.83. The molecule has 0 atom stereocenters. The smallest absolute Gasteiger partial charge is 0.264 e. The molecule has 1 rings (SSSR count). The standard InChI is InChI=1S/C9H8O2.2Al.4H/c1-8(10)7-11-9-5-3-2-4-6-9;;;;;;/h3-5H,7H2,1H3;;;;;;. The Kier molecular flexibility index (Phi) is 4.04. The van der Waals surface area contributed by atoms with Crippen LogP contribution in [0.1, 0.15) is 6.92 Å². The van der Waals surface area contributed by atoms with Gasteiger partial charge < -0.3 is 4.74 Å². The number of hydrogen-bond acceptors (Lipinski definition) is 2. The minimum Gasteiger partial charge on any atom is -0.487 e. The summed E-state index contributed by atoms with van der Waals surface area (Å²) in [6.45, 7) is 1.73. The fraction of sp³-hybridized carbons (Fsp3) is 0.222. The predicted molar refractivity (Wildman–Crippen MR) is 59.0 cm³/mol. The van der Waals surface area contributed by atoms with Crippen molar-refractivity contribution in [2.24, 2.45) is 0 Å². The van der Waals surface area contributed by atoms with Crippen molar-refractivity contribution < 1.29 is 9.53 Å². The molecule has 0 aliphatic heterocycles. The Bertz CT molecular complexity index is 323. The van der Waals surface area contributed by atoms with Gasteiger partial charge in [0.25, 0.3) is 32.6 Å². The average molecular weight is 206 g/mol. The third kappa shape index (κ3) is 3.55. The van der Waals surface area contributed by atoms with Gasteiger partial charge in [-0.1, -0.05) is 16.6 Å². The molecular weight excluding hydrogens is 194 g/mol. The number of benzene rings is 1. The molecule has 0 bridgehead atoms. The highest BCUT2D eigenvalue weighted by atomic mass is 27.1. The van der Waals surface area contributed by atoms with E-state index in [2.05, 4.69) is 12.1 Å². The lowest BCUT2D eigenvalue weighted by atomic mass is 10.3. The van der Waals surface area contributed by atoms with Crippen molar-refractivity contribution >= 4 is 47.2 Å². The molecule has 0 heterocycles. The number of ketones is 1. The van der Waals surface area contributed by atoms with Crippen molar-refractivity contribution in [3.63, 3.8) is 0 Å². The van der Waals surface area contributed by atoms with Gasteiger partial charge in [-0.05, 0) is 13.0 Å². The van der Waals surface area contributed by atoms with E-state index in [1.807, 2.05) is 6.07 Å². The van der Waals surface area contributed by atoms with Crippen molar-refractivity contribution in [2.45, 2.75) is 6.92 Å². The van der Waals surface area contributed by atoms with Crippen molar-refractivity contribution in [1.82, 2.24) is 0 Å². The summed E-state index contributed by atoms with van der Waals surface area (Å²) in [7, 11) is 0. The SMILES string of the molecule is CC(=O)COc1cc[c]([AlH2])c[c]1[AlH2]. The third-order valence-corrected chi connectivity index (χ3v) is 3.16. The lowest BCUT2D eigenvalue weighted by Gasteiger charge is -2.08. The first-order valence-corrected chi connectivity index (χ1v) is 6.29. The maximum Gasteiger partial charge on any atom is 0.264 e. The summed E-state index contributed by atoms with van der Waals surface area (Å²) in [6, 6.07) is 6.19. The molecule has 0 aliphatic rings. The Labute approximate surface area is 94.1 Å². The second-order valence-corrected chi connectivity index (χ2v) is 5.49. The van der Waals surface area contributed by atoms with E-state index in [0.717, 1.165) is 38.3 Å². The number of hydrogen-bond donors (Lipinski definition) is 0. The zero-order chi connectivity index (χ0) is 9.84. The monoisotopic (exact) mass is 206 g/mol. The van der Waals surface area contributed by atoms with Crippen LogP contribution in [0.5, 0.6) is 5.75 Å². The van der Waals surface area contributed by atoms with Gasteiger partial charge in [0.15, 0.2) is 5.78 Å². The van der Waals surface area contributed by atoms with Gasteiger partial charge in [0.1, 0.15) is 12.4 Å². The quantitative estimate of drug-likeness (QED) is 0.544. The maximum atomic E-state index is 10.7. The first kappa shape index (κ1) is 10.8. The Balaban J connectivity index is 2.72. The fourth-order valence-corrected chi connectivity index (χ4v) is 3.08. The van der Waals surface area contributed by atoms with Gasteiger partial charge in [-0.3, -0.25) is 4.79 Å². The molecule has 0 aromatic heterocycles. The van der Waals surface area contributed by atoms with Crippen molar-refractivity contribution in [3.8, 4) is 5.75 Å². The zero-order valence-corrected chi connectivity index (χ0v) is 12.3. The van der Waals surface area contributed by atoms with Gasteiger partial charge in [-0.15, -0.1) is 4.43 Å². The molecule has 0 N–H and O–H groups in total. The van der Waals surface area contributed by atoms with E-state index >= 15 is 0 Å². The molecule has 0 fully saturated rings. The maximum absolute atomic E-state index is 10.7. The Hall–Kier alpha value is -0.245. The van der Waals surface area contributed by atoms with Crippen molar-refractivity contribution in [3.05, 3.63) is 18.2 Å². The van der Waals surface area contributed by atoms with Crippen LogP contribution in [-0.2, 0) is 4.79 Å².